The van der Waals surface area contributed by atoms with Crippen LogP contribution < -0.4 is 11.1 Å². The van der Waals surface area contributed by atoms with E-state index in [4.69, 9.17) is 5.73 Å². The molecule has 7 heteroatoms. The molecule has 0 spiro atoms. The second-order valence-electron chi connectivity index (χ2n) is 3.37. The molecule has 0 aliphatic heterocycles. The van der Waals surface area contributed by atoms with Gasteiger partial charge in [-0.2, -0.15) is 13.2 Å². The minimum Gasteiger partial charge on any atom is -0.349 e. The molecule has 3 nitrogen and oxygen atoms in total. The van der Waals surface area contributed by atoms with Crippen LogP contribution in [-0.4, -0.2) is 29.3 Å². The van der Waals surface area contributed by atoms with Gasteiger partial charge < -0.3 is 11.1 Å². The van der Waals surface area contributed by atoms with Crippen LogP contribution in [0.4, 0.5) is 13.2 Å². The zero-order valence-electron chi connectivity index (χ0n) is 7.94. The Balaban J connectivity index is 3.89. The van der Waals surface area contributed by atoms with Crippen LogP contribution in [0.25, 0.3) is 0 Å². The van der Waals surface area contributed by atoms with E-state index < -0.39 is 22.7 Å². The van der Waals surface area contributed by atoms with E-state index in [9.17, 15) is 18.0 Å². The van der Waals surface area contributed by atoms with E-state index in [0.29, 0.717) is 0 Å². The smallest absolute Gasteiger partial charge is 0.349 e. The minimum absolute atomic E-state index is 0.176. The Morgan fingerprint density at radius 3 is 2.29 bits per heavy atom. The van der Waals surface area contributed by atoms with Crippen LogP contribution in [-0.2, 0) is 4.79 Å². The first kappa shape index (κ1) is 13.6. The number of nitrogens with two attached hydrogens (primary N) is 1. The summed E-state index contributed by atoms with van der Waals surface area (Å²) in [5, 5.41) is 2.39. The number of carbonyl (C=O) groups excluding carboxylic acids is 1. The average Bonchev–Trinajstić information content (AvgIpc) is 1.99. The third-order valence-corrected chi connectivity index (χ3v) is 2.09. The van der Waals surface area contributed by atoms with Crippen molar-refractivity contribution < 1.29 is 18.0 Å². The Morgan fingerprint density at radius 2 is 1.93 bits per heavy atom. The number of amides is 1. The number of alkyl halides is 3. The van der Waals surface area contributed by atoms with Crippen LogP contribution in [0.15, 0.2) is 0 Å². The van der Waals surface area contributed by atoms with Crippen molar-refractivity contribution in [1.29, 1.82) is 0 Å². The van der Waals surface area contributed by atoms with Crippen molar-refractivity contribution in [2.45, 2.75) is 24.9 Å². The van der Waals surface area contributed by atoms with Crippen LogP contribution in [0.3, 0.4) is 0 Å². The molecular formula is C7H13F3N2OS. The van der Waals surface area contributed by atoms with Crippen LogP contribution >= 0.6 is 11.8 Å². The van der Waals surface area contributed by atoms with E-state index in [1.165, 1.54) is 0 Å². The third-order valence-electron chi connectivity index (χ3n) is 1.36. The number of nitrogens with one attached hydrogen (secondary N) is 1. The summed E-state index contributed by atoms with van der Waals surface area (Å²) in [6.07, 6.45) is 0. The van der Waals surface area contributed by atoms with Crippen molar-refractivity contribution in [2.24, 2.45) is 5.73 Å². The summed E-state index contributed by atoms with van der Waals surface area (Å²) in [5.74, 6) is -1.30. The third kappa shape index (κ3) is 7.02. The second-order valence-corrected chi connectivity index (χ2v) is 4.41. The first-order valence-corrected chi connectivity index (χ1v) is 4.86. The van der Waals surface area contributed by atoms with E-state index in [2.05, 4.69) is 5.32 Å². The summed E-state index contributed by atoms with van der Waals surface area (Å²) in [4.78, 5) is 11.0. The van der Waals surface area contributed by atoms with Gasteiger partial charge in [0.2, 0.25) is 5.91 Å². The summed E-state index contributed by atoms with van der Waals surface area (Å²) in [6.45, 7) is 3.46. The van der Waals surface area contributed by atoms with E-state index in [1.54, 1.807) is 13.8 Å². The van der Waals surface area contributed by atoms with Gasteiger partial charge in [0.1, 0.15) is 0 Å². The van der Waals surface area contributed by atoms with Gasteiger partial charge in [-0.3, -0.25) is 4.79 Å². The zero-order valence-corrected chi connectivity index (χ0v) is 8.76. The molecule has 0 aromatic heterocycles. The molecular weight excluding hydrogens is 217 g/mol. The molecule has 84 valence electrons. The van der Waals surface area contributed by atoms with Gasteiger partial charge in [0.15, 0.2) is 0 Å². The quantitative estimate of drug-likeness (QED) is 0.760. The summed E-state index contributed by atoms with van der Waals surface area (Å²) < 4.78 is 35.1. The van der Waals surface area contributed by atoms with E-state index in [0.717, 1.165) is 0 Å². The molecule has 0 radical (unpaired) electrons. The monoisotopic (exact) mass is 230 g/mol. The van der Waals surface area contributed by atoms with Crippen LogP contribution in [0.5, 0.6) is 0 Å². The summed E-state index contributed by atoms with van der Waals surface area (Å²) in [5.41, 5.74) is 0.259. The Bertz CT molecular complexity index is 206. The zero-order chi connectivity index (χ0) is 11.4. The summed E-state index contributed by atoms with van der Waals surface area (Å²) in [6, 6.07) is 0. The lowest BCUT2D eigenvalue weighted by Crippen LogP contribution is -2.49. The van der Waals surface area contributed by atoms with Crippen LogP contribution in [0, 0.1) is 0 Å². The van der Waals surface area contributed by atoms with Gasteiger partial charge in [0.05, 0.1) is 5.75 Å². The predicted molar refractivity (Wildman–Crippen MR) is 49.8 cm³/mol. The first-order chi connectivity index (χ1) is 6.16. The molecule has 0 saturated carbocycles. The Labute approximate surface area is 84.6 Å². The summed E-state index contributed by atoms with van der Waals surface area (Å²) >= 11 is -0.360. The molecule has 0 aromatic carbocycles. The molecule has 0 aromatic rings. The number of carbonyl (C=O) groups is 1. The molecule has 0 heterocycles. The average molecular weight is 230 g/mol. The van der Waals surface area contributed by atoms with E-state index in [1.807, 2.05) is 0 Å². The standard InChI is InChI=1S/C7H13F3N2OS/c1-6(2,4-11)12-5(13)3-14-7(8,9)10/h3-4,11H2,1-2H3,(H,12,13). The number of thioether (sulfide) groups is 1. The van der Waals surface area contributed by atoms with Crippen molar-refractivity contribution >= 4 is 17.7 Å². The van der Waals surface area contributed by atoms with Gasteiger partial charge in [-0.05, 0) is 25.6 Å². The number of rotatable bonds is 4. The first-order valence-electron chi connectivity index (χ1n) is 3.88. The summed E-state index contributed by atoms with van der Waals surface area (Å²) in [7, 11) is 0. The highest BCUT2D eigenvalue weighted by atomic mass is 32.2. The topological polar surface area (TPSA) is 55.1 Å². The van der Waals surface area contributed by atoms with Gasteiger partial charge in [0, 0.05) is 12.1 Å². The Kier molecular flexibility index (Phi) is 4.73. The largest absolute Gasteiger partial charge is 0.442 e. The Hall–Kier alpha value is -0.430. The van der Waals surface area contributed by atoms with Gasteiger partial charge in [-0.1, -0.05) is 0 Å². The van der Waals surface area contributed by atoms with Gasteiger partial charge in [-0.15, -0.1) is 0 Å². The van der Waals surface area contributed by atoms with Gasteiger partial charge in [-0.25, -0.2) is 0 Å². The van der Waals surface area contributed by atoms with Crippen molar-refractivity contribution in [2.75, 3.05) is 12.3 Å². The maximum Gasteiger partial charge on any atom is 0.442 e. The SMILES string of the molecule is CC(C)(CN)NC(=O)CSC(F)(F)F. The molecule has 0 rings (SSSR count). The Morgan fingerprint density at radius 1 is 1.43 bits per heavy atom. The molecule has 0 fully saturated rings. The maximum absolute atomic E-state index is 11.7. The van der Waals surface area contributed by atoms with E-state index in [-0.39, 0.29) is 18.3 Å². The van der Waals surface area contributed by atoms with Gasteiger partial charge >= 0.3 is 5.51 Å². The molecule has 0 saturated heterocycles. The van der Waals surface area contributed by atoms with E-state index >= 15 is 0 Å². The maximum atomic E-state index is 11.7. The lowest BCUT2D eigenvalue weighted by atomic mass is 10.1. The fraction of sp³-hybridized carbons (Fsp3) is 0.857. The predicted octanol–water partition coefficient (Wildman–Crippen LogP) is 1.09. The highest BCUT2D eigenvalue weighted by Gasteiger charge is 2.30. The molecule has 1 amide bonds. The fourth-order valence-corrected chi connectivity index (χ4v) is 0.979. The van der Waals surface area contributed by atoms with Crippen molar-refractivity contribution in [1.82, 2.24) is 5.32 Å². The molecule has 0 bridgehead atoms. The van der Waals surface area contributed by atoms with Crippen LogP contribution in [0.1, 0.15) is 13.8 Å². The lowest BCUT2D eigenvalue weighted by Gasteiger charge is -2.24. The number of hydrogen-bond donors (Lipinski definition) is 2. The van der Waals surface area contributed by atoms with Crippen molar-refractivity contribution in [3.63, 3.8) is 0 Å². The fourth-order valence-electron chi connectivity index (χ4n) is 0.612. The normalized spacial score (nSPS) is 12.7. The highest BCUT2D eigenvalue weighted by molar-refractivity contribution is 8.00. The number of hydrogen-bond acceptors (Lipinski definition) is 3. The lowest BCUT2D eigenvalue weighted by molar-refractivity contribution is -0.120. The second kappa shape index (κ2) is 4.88. The van der Waals surface area contributed by atoms with Crippen LogP contribution in [0.2, 0.25) is 0 Å². The van der Waals surface area contributed by atoms with Crippen molar-refractivity contribution in [3.05, 3.63) is 0 Å². The van der Waals surface area contributed by atoms with Crippen molar-refractivity contribution in [3.8, 4) is 0 Å². The minimum atomic E-state index is -4.37. The number of halogens is 3. The molecule has 0 aliphatic rings. The molecule has 0 aliphatic carbocycles. The molecule has 0 atom stereocenters. The van der Waals surface area contributed by atoms with Gasteiger partial charge in [0.25, 0.3) is 0 Å². The molecule has 3 N–H and O–H groups in total. The highest BCUT2D eigenvalue weighted by Crippen LogP contribution is 2.29. The molecule has 14 heavy (non-hydrogen) atoms. The molecule has 0 unspecified atom stereocenters.